The molecule has 0 bridgehead atoms. The summed E-state index contributed by atoms with van der Waals surface area (Å²) in [5.41, 5.74) is 5.31. The molecule has 0 fully saturated rings. The summed E-state index contributed by atoms with van der Waals surface area (Å²) in [5.74, 6) is 0.483. The summed E-state index contributed by atoms with van der Waals surface area (Å²) in [7, 11) is -7.84. The zero-order chi connectivity index (χ0) is 14.7. The predicted molar refractivity (Wildman–Crippen MR) is 80.4 cm³/mol. The molecule has 116 valence electrons. The van der Waals surface area contributed by atoms with Crippen molar-refractivity contribution in [1.29, 1.82) is 0 Å². The zero-order valence-electron chi connectivity index (χ0n) is 11.0. The van der Waals surface area contributed by atoms with Gasteiger partial charge in [-0.25, -0.2) is 16.8 Å². The monoisotopic (exact) mass is 344 g/mol. The third kappa shape index (κ3) is 5.16. The molecule has 0 aliphatic heterocycles. The van der Waals surface area contributed by atoms with E-state index in [1.165, 1.54) is 24.3 Å². The summed E-state index contributed by atoms with van der Waals surface area (Å²) < 4.78 is 51.7. The molecule has 0 aliphatic rings. The molecule has 1 rings (SSSR count). The van der Waals surface area contributed by atoms with Crippen LogP contribution in [0.2, 0.25) is 0 Å². The van der Waals surface area contributed by atoms with E-state index in [9.17, 15) is 16.8 Å². The SMILES string of the molecule is CS(=O)(=O)N(c1ccc(OCCN)cc1)S(C)(=O)=O.Cl. The number of nitrogens with two attached hydrogens (primary N) is 1. The number of anilines is 1. The first-order valence-electron chi connectivity index (χ1n) is 5.29. The van der Waals surface area contributed by atoms with Crippen LogP contribution < -0.4 is 14.2 Å². The fourth-order valence-corrected chi connectivity index (χ4v) is 4.45. The Kier molecular flexibility index (Phi) is 6.75. The van der Waals surface area contributed by atoms with Gasteiger partial charge in [0, 0.05) is 6.54 Å². The zero-order valence-corrected chi connectivity index (χ0v) is 13.5. The van der Waals surface area contributed by atoms with Gasteiger partial charge in [0.05, 0.1) is 18.2 Å². The Bertz CT molecular complexity index is 596. The van der Waals surface area contributed by atoms with Crippen LogP contribution in [-0.4, -0.2) is 42.5 Å². The Morgan fingerprint density at radius 1 is 1.05 bits per heavy atom. The standard InChI is InChI=1S/C10H16N2O5S2.ClH/c1-18(13,14)12(19(2,15)16)9-3-5-10(6-4-9)17-8-7-11;/h3-6H,7-8,11H2,1-2H3;1H. The summed E-state index contributed by atoms with van der Waals surface area (Å²) >= 11 is 0. The van der Waals surface area contributed by atoms with Gasteiger partial charge in [0.2, 0.25) is 20.0 Å². The lowest BCUT2D eigenvalue weighted by molar-refractivity contribution is 0.328. The molecule has 0 spiro atoms. The molecule has 0 heterocycles. The summed E-state index contributed by atoms with van der Waals surface area (Å²) in [6.07, 6.45) is 1.65. The topological polar surface area (TPSA) is 107 Å². The lowest BCUT2D eigenvalue weighted by Crippen LogP contribution is -2.35. The average Bonchev–Trinajstić information content (AvgIpc) is 2.24. The Morgan fingerprint density at radius 3 is 1.85 bits per heavy atom. The number of sulfonamides is 2. The van der Waals surface area contributed by atoms with Crippen molar-refractivity contribution in [2.24, 2.45) is 5.73 Å². The molecule has 1 aromatic rings. The van der Waals surface area contributed by atoms with E-state index in [0.29, 0.717) is 22.6 Å². The second kappa shape index (κ2) is 7.11. The van der Waals surface area contributed by atoms with Gasteiger partial charge in [0.25, 0.3) is 0 Å². The second-order valence-electron chi connectivity index (χ2n) is 3.85. The van der Waals surface area contributed by atoms with Gasteiger partial charge in [-0.1, -0.05) is 0 Å². The normalized spacial score (nSPS) is 11.6. The van der Waals surface area contributed by atoms with E-state index in [0.717, 1.165) is 12.5 Å². The maximum Gasteiger partial charge on any atom is 0.245 e. The minimum Gasteiger partial charge on any atom is -0.492 e. The van der Waals surface area contributed by atoms with E-state index in [1.807, 2.05) is 0 Å². The van der Waals surface area contributed by atoms with E-state index in [4.69, 9.17) is 10.5 Å². The molecule has 0 radical (unpaired) electrons. The first-order chi connectivity index (χ1) is 8.66. The van der Waals surface area contributed by atoms with E-state index < -0.39 is 20.0 Å². The van der Waals surface area contributed by atoms with Crippen LogP contribution in [0.3, 0.4) is 0 Å². The minimum atomic E-state index is -3.92. The third-order valence-corrected chi connectivity index (χ3v) is 5.29. The van der Waals surface area contributed by atoms with Crippen molar-refractivity contribution in [3.63, 3.8) is 0 Å². The molecule has 2 N–H and O–H groups in total. The highest BCUT2D eigenvalue weighted by atomic mass is 35.5. The Morgan fingerprint density at radius 2 is 1.50 bits per heavy atom. The lowest BCUT2D eigenvalue weighted by atomic mass is 10.3. The third-order valence-electron chi connectivity index (χ3n) is 2.04. The number of ether oxygens (including phenoxy) is 1. The molecular formula is C10H17ClN2O5S2. The highest BCUT2D eigenvalue weighted by molar-refractivity contribution is 8.09. The summed E-state index contributed by atoms with van der Waals surface area (Å²) in [5, 5.41) is 0. The van der Waals surface area contributed by atoms with Crippen molar-refractivity contribution in [2.75, 3.05) is 29.4 Å². The van der Waals surface area contributed by atoms with E-state index in [-0.39, 0.29) is 18.1 Å². The number of hydrogen-bond acceptors (Lipinski definition) is 6. The molecule has 0 atom stereocenters. The number of halogens is 1. The van der Waals surface area contributed by atoms with Crippen LogP contribution in [0.4, 0.5) is 5.69 Å². The molecule has 10 heteroatoms. The van der Waals surface area contributed by atoms with Gasteiger partial charge < -0.3 is 10.5 Å². The quantitative estimate of drug-likeness (QED) is 0.788. The Hall–Kier alpha value is -1.03. The number of nitrogens with zero attached hydrogens (tertiary/aromatic N) is 1. The maximum atomic E-state index is 11.5. The molecule has 0 aliphatic carbocycles. The molecule has 0 unspecified atom stereocenters. The van der Waals surface area contributed by atoms with Crippen molar-refractivity contribution in [3.8, 4) is 5.75 Å². The van der Waals surface area contributed by atoms with Crippen LogP contribution >= 0.6 is 12.4 Å². The van der Waals surface area contributed by atoms with Crippen molar-refractivity contribution in [1.82, 2.24) is 0 Å². The molecule has 7 nitrogen and oxygen atoms in total. The second-order valence-corrected chi connectivity index (χ2v) is 7.75. The summed E-state index contributed by atoms with van der Waals surface area (Å²) in [4.78, 5) is 0. The smallest absolute Gasteiger partial charge is 0.245 e. The van der Waals surface area contributed by atoms with Gasteiger partial charge in [-0.2, -0.15) is 3.71 Å². The van der Waals surface area contributed by atoms with E-state index in [1.54, 1.807) is 0 Å². The lowest BCUT2D eigenvalue weighted by Gasteiger charge is -2.19. The minimum absolute atomic E-state index is 0. The molecule has 1 aromatic carbocycles. The van der Waals surface area contributed by atoms with Gasteiger partial charge >= 0.3 is 0 Å². The van der Waals surface area contributed by atoms with E-state index >= 15 is 0 Å². The van der Waals surface area contributed by atoms with Crippen LogP contribution in [0.1, 0.15) is 0 Å². The summed E-state index contributed by atoms with van der Waals surface area (Å²) in [6.45, 7) is 0.668. The fourth-order valence-electron chi connectivity index (χ4n) is 1.47. The molecule has 0 saturated carbocycles. The number of hydrogen-bond donors (Lipinski definition) is 1. The van der Waals surface area contributed by atoms with Crippen LogP contribution in [0.25, 0.3) is 0 Å². The van der Waals surface area contributed by atoms with Crippen molar-refractivity contribution >= 4 is 38.1 Å². The summed E-state index contributed by atoms with van der Waals surface area (Å²) in [6, 6.07) is 5.67. The van der Waals surface area contributed by atoms with Gasteiger partial charge in [-0.15, -0.1) is 12.4 Å². The van der Waals surface area contributed by atoms with Crippen molar-refractivity contribution < 1.29 is 21.6 Å². The van der Waals surface area contributed by atoms with Crippen molar-refractivity contribution in [2.45, 2.75) is 0 Å². The van der Waals surface area contributed by atoms with Crippen LogP contribution in [-0.2, 0) is 20.0 Å². The molecular weight excluding hydrogens is 328 g/mol. The molecule has 0 amide bonds. The number of rotatable bonds is 6. The van der Waals surface area contributed by atoms with Crippen LogP contribution in [0.15, 0.2) is 24.3 Å². The highest BCUT2D eigenvalue weighted by Crippen LogP contribution is 2.23. The predicted octanol–water partition coefficient (Wildman–Crippen LogP) is 0.171. The van der Waals surface area contributed by atoms with Crippen LogP contribution in [0, 0.1) is 0 Å². The van der Waals surface area contributed by atoms with E-state index in [2.05, 4.69) is 0 Å². The van der Waals surface area contributed by atoms with Crippen LogP contribution in [0.5, 0.6) is 5.75 Å². The van der Waals surface area contributed by atoms with Gasteiger partial charge in [0.15, 0.2) is 0 Å². The number of benzene rings is 1. The average molecular weight is 345 g/mol. The van der Waals surface area contributed by atoms with Gasteiger partial charge in [-0.3, -0.25) is 0 Å². The maximum absolute atomic E-state index is 11.5. The Labute approximate surface area is 125 Å². The first kappa shape index (κ1) is 19.0. The largest absolute Gasteiger partial charge is 0.492 e. The van der Waals surface area contributed by atoms with Crippen molar-refractivity contribution in [3.05, 3.63) is 24.3 Å². The van der Waals surface area contributed by atoms with Gasteiger partial charge in [-0.05, 0) is 24.3 Å². The Balaban J connectivity index is 0.00000361. The first-order valence-corrected chi connectivity index (χ1v) is 8.99. The fraction of sp³-hybridized carbons (Fsp3) is 0.400. The molecule has 0 aromatic heterocycles. The van der Waals surface area contributed by atoms with Gasteiger partial charge in [0.1, 0.15) is 12.4 Å². The molecule has 20 heavy (non-hydrogen) atoms. The molecule has 0 saturated heterocycles. The highest BCUT2D eigenvalue weighted by Gasteiger charge is 2.26.